The van der Waals surface area contributed by atoms with Crippen LogP contribution in [0.2, 0.25) is 0 Å². The minimum atomic E-state index is -0.429. The minimum Gasteiger partial charge on any atom is -0.465 e. The summed E-state index contributed by atoms with van der Waals surface area (Å²) in [5.74, 6) is -1.62. The second-order valence-electron chi connectivity index (χ2n) is 6.32. The highest BCUT2D eigenvalue weighted by Gasteiger charge is 2.09. The van der Waals surface area contributed by atoms with Gasteiger partial charge in [-0.05, 0) is 59.3 Å². The molecule has 0 saturated carbocycles. The van der Waals surface area contributed by atoms with E-state index >= 15 is 0 Å². The quantitative estimate of drug-likeness (QED) is 0.449. The predicted octanol–water partition coefficient (Wildman–Crippen LogP) is 3.67. The maximum absolute atomic E-state index is 11.4. The first kappa shape index (κ1) is 24.1. The fraction of sp³-hybridized carbons (Fsp3) is 0.167. The van der Waals surface area contributed by atoms with Crippen molar-refractivity contribution in [1.29, 1.82) is 0 Å². The fourth-order valence-corrected chi connectivity index (χ4v) is 2.71. The molecule has 0 heterocycles. The molecule has 0 aliphatic carbocycles. The normalized spacial score (nSPS) is 9.75. The molecule has 0 spiro atoms. The van der Waals surface area contributed by atoms with E-state index < -0.39 is 11.9 Å². The lowest BCUT2D eigenvalue weighted by Gasteiger charge is -2.04. The summed E-state index contributed by atoms with van der Waals surface area (Å²) in [6.45, 7) is 0. The third kappa shape index (κ3) is 5.91. The Morgan fingerprint density at radius 2 is 0.688 bits per heavy atom. The molecule has 0 N–H and O–H groups in total. The third-order valence-electron chi connectivity index (χ3n) is 4.41. The molecular formula is C24H22O8. The molecule has 0 radical (unpaired) electrons. The van der Waals surface area contributed by atoms with Gasteiger partial charge in [-0.2, -0.15) is 0 Å². The number of fused-ring (bicyclic) bond motifs is 1. The predicted molar refractivity (Wildman–Crippen MR) is 116 cm³/mol. The smallest absolute Gasteiger partial charge is 0.337 e. The number of carbonyl (C=O) groups is 4. The maximum atomic E-state index is 11.4. The number of carbonyl (C=O) groups excluding carboxylic acids is 4. The first-order valence-corrected chi connectivity index (χ1v) is 9.31. The van der Waals surface area contributed by atoms with Crippen LogP contribution in [0.25, 0.3) is 10.8 Å². The molecule has 0 bridgehead atoms. The number of methoxy groups -OCH3 is 4. The first-order valence-electron chi connectivity index (χ1n) is 9.31. The molecule has 0 aromatic heterocycles. The molecule has 8 heteroatoms. The van der Waals surface area contributed by atoms with Crippen LogP contribution in [0.1, 0.15) is 41.4 Å². The Balaban J connectivity index is 0.000000235. The van der Waals surface area contributed by atoms with Gasteiger partial charge in [-0.3, -0.25) is 0 Å². The highest BCUT2D eigenvalue weighted by molar-refractivity contribution is 5.99. The number of rotatable bonds is 4. The summed E-state index contributed by atoms with van der Waals surface area (Å²) >= 11 is 0. The van der Waals surface area contributed by atoms with Crippen LogP contribution in [-0.4, -0.2) is 52.3 Å². The first-order chi connectivity index (χ1) is 15.3. The van der Waals surface area contributed by atoms with Gasteiger partial charge >= 0.3 is 23.9 Å². The molecule has 3 aromatic carbocycles. The highest BCUT2D eigenvalue weighted by Crippen LogP contribution is 2.19. The van der Waals surface area contributed by atoms with Crippen LogP contribution in [0.3, 0.4) is 0 Å². The van der Waals surface area contributed by atoms with E-state index in [1.54, 1.807) is 36.4 Å². The topological polar surface area (TPSA) is 105 Å². The van der Waals surface area contributed by atoms with Crippen molar-refractivity contribution >= 4 is 34.6 Å². The van der Waals surface area contributed by atoms with Gasteiger partial charge in [0.25, 0.3) is 0 Å². The van der Waals surface area contributed by atoms with Gasteiger partial charge in [0, 0.05) is 0 Å². The van der Waals surface area contributed by atoms with Crippen LogP contribution >= 0.6 is 0 Å². The summed E-state index contributed by atoms with van der Waals surface area (Å²) in [6.07, 6.45) is 0. The summed E-state index contributed by atoms with van der Waals surface area (Å²) < 4.78 is 18.3. The van der Waals surface area contributed by atoms with Crippen LogP contribution in [-0.2, 0) is 18.9 Å². The van der Waals surface area contributed by atoms with Crippen molar-refractivity contribution in [1.82, 2.24) is 0 Å². The van der Waals surface area contributed by atoms with Gasteiger partial charge in [-0.25, -0.2) is 19.2 Å². The molecule has 0 atom stereocenters. The fourth-order valence-electron chi connectivity index (χ4n) is 2.71. The van der Waals surface area contributed by atoms with E-state index in [1.165, 1.54) is 52.7 Å². The molecule has 0 unspecified atom stereocenters. The monoisotopic (exact) mass is 438 g/mol. The van der Waals surface area contributed by atoms with Gasteiger partial charge in [0.15, 0.2) is 0 Å². The Kier molecular flexibility index (Phi) is 8.47. The van der Waals surface area contributed by atoms with Gasteiger partial charge in [0.05, 0.1) is 50.7 Å². The molecule has 0 fully saturated rings. The van der Waals surface area contributed by atoms with E-state index in [-0.39, 0.29) is 11.9 Å². The lowest BCUT2D eigenvalue weighted by molar-refractivity contribution is 0.0586. The van der Waals surface area contributed by atoms with Crippen LogP contribution in [0.4, 0.5) is 0 Å². The van der Waals surface area contributed by atoms with Crippen molar-refractivity contribution in [2.24, 2.45) is 0 Å². The number of benzene rings is 3. The van der Waals surface area contributed by atoms with E-state index in [4.69, 9.17) is 0 Å². The van der Waals surface area contributed by atoms with Crippen LogP contribution < -0.4 is 0 Å². The largest absolute Gasteiger partial charge is 0.465 e. The minimum absolute atomic E-state index is 0.381. The molecule has 166 valence electrons. The maximum Gasteiger partial charge on any atom is 0.337 e. The average molecular weight is 438 g/mol. The zero-order chi connectivity index (χ0) is 23.7. The third-order valence-corrected chi connectivity index (χ3v) is 4.41. The molecule has 32 heavy (non-hydrogen) atoms. The number of hydrogen-bond acceptors (Lipinski definition) is 8. The van der Waals surface area contributed by atoms with E-state index in [0.29, 0.717) is 22.3 Å². The summed E-state index contributed by atoms with van der Waals surface area (Å²) in [6, 6.07) is 16.4. The summed E-state index contributed by atoms with van der Waals surface area (Å²) in [5, 5.41) is 1.73. The van der Waals surface area contributed by atoms with Crippen molar-refractivity contribution in [2.75, 3.05) is 28.4 Å². The number of hydrogen-bond donors (Lipinski definition) is 0. The van der Waals surface area contributed by atoms with Crippen LogP contribution in [0, 0.1) is 0 Å². The molecule has 0 amide bonds. The van der Waals surface area contributed by atoms with Crippen molar-refractivity contribution < 1.29 is 38.1 Å². The van der Waals surface area contributed by atoms with E-state index in [2.05, 4.69) is 18.9 Å². The molecule has 0 aliphatic rings. The molecule has 0 aliphatic heterocycles. The zero-order valence-electron chi connectivity index (χ0n) is 18.0. The standard InChI is InChI=1S/C14H12O4.C10H10O4/c1-17-13(15)11-5-3-10-8-12(14(16)18-2)6-4-9(10)7-11;1-13-9(11)7-3-5-8(6-4-7)10(12)14-2/h3-8H,1-2H3;3-6H,1-2H3. The molecule has 0 saturated heterocycles. The lowest BCUT2D eigenvalue weighted by atomic mass is 10.0. The van der Waals surface area contributed by atoms with Crippen molar-refractivity contribution in [3.05, 3.63) is 82.9 Å². The Morgan fingerprint density at radius 3 is 0.969 bits per heavy atom. The Bertz CT molecular complexity index is 1040. The van der Waals surface area contributed by atoms with Crippen molar-refractivity contribution in [3.63, 3.8) is 0 Å². The van der Waals surface area contributed by atoms with Gasteiger partial charge in [-0.15, -0.1) is 0 Å². The van der Waals surface area contributed by atoms with Crippen LogP contribution in [0.15, 0.2) is 60.7 Å². The second-order valence-corrected chi connectivity index (χ2v) is 6.32. The van der Waals surface area contributed by atoms with E-state index in [9.17, 15) is 19.2 Å². The number of ether oxygens (including phenoxy) is 4. The van der Waals surface area contributed by atoms with Crippen molar-refractivity contribution in [2.45, 2.75) is 0 Å². The second kappa shape index (κ2) is 11.3. The lowest BCUT2D eigenvalue weighted by Crippen LogP contribution is -2.04. The zero-order valence-corrected chi connectivity index (χ0v) is 18.0. The highest BCUT2D eigenvalue weighted by atomic mass is 16.5. The van der Waals surface area contributed by atoms with E-state index in [1.807, 2.05) is 0 Å². The van der Waals surface area contributed by atoms with E-state index in [0.717, 1.165) is 10.8 Å². The average Bonchev–Trinajstić information content (AvgIpc) is 2.86. The van der Waals surface area contributed by atoms with Crippen molar-refractivity contribution in [3.8, 4) is 0 Å². The summed E-state index contributed by atoms with van der Waals surface area (Å²) in [7, 11) is 5.28. The summed E-state index contributed by atoms with van der Waals surface area (Å²) in [5.41, 5.74) is 1.77. The summed E-state index contributed by atoms with van der Waals surface area (Å²) in [4.78, 5) is 44.8. The van der Waals surface area contributed by atoms with Gasteiger partial charge < -0.3 is 18.9 Å². The molecule has 3 aromatic rings. The Labute approximate surface area is 184 Å². The van der Waals surface area contributed by atoms with Gasteiger partial charge in [0.1, 0.15) is 0 Å². The SMILES string of the molecule is COC(=O)c1ccc(C(=O)OC)cc1.COC(=O)c1ccc2cc(C(=O)OC)ccc2c1. The van der Waals surface area contributed by atoms with Gasteiger partial charge in [-0.1, -0.05) is 12.1 Å². The number of esters is 4. The Hall–Kier alpha value is -4.20. The van der Waals surface area contributed by atoms with Gasteiger partial charge in [0.2, 0.25) is 0 Å². The molecule has 8 nitrogen and oxygen atoms in total. The van der Waals surface area contributed by atoms with Crippen LogP contribution in [0.5, 0.6) is 0 Å². The molecule has 3 rings (SSSR count). The molecular weight excluding hydrogens is 416 g/mol. The Morgan fingerprint density at radius 1 is 0.438 bits per heavy atom.